The summed E-state index contributed by atoms with van der Waals surface area (Å²) in [6.07, 6.45) is 0. The van der Waals surface area contributed by atoms with E-state index in [2.05, 4.69) is 16.7 Å². The molecule has 0 unspecified atom stereocenters. The Morgan fingerprint density at radius 3 is 2.68 bits per heavy atom. The number of hydrogen-bond acceptors (Lipinski definition) is 4. The molecule has 25 heavy (non-hydrogen) atoms. The standard InChI is InChI=1S/C18H17FN4O2/c1-23(11-14-6-4-5-13(9-14)10-20)12-17(24)22-18(25)21-16-8-3-2-7-15(16)19/h2-9H,11-12H2,1H3,(H2,21,22,24,25). The molecule has 128 valence electrons. The van der Waals surface area contributed by atoms with Crippen LogP contribution in [0.25, 0.3) is 0 Å². The normalized spacial score (nSPS) is 10.2. The number of carbonyl (C=O) groups excluding carboxylic acids is 2. The summed E-state index contributed by atoms with van der Waals surface area (Å²) in [7, 11) is 1.72. The Hall–Kier alpha value is -3.24. The number of urea groups is 1. The number of amides is 3. The number of nitrogens with one attached hydrogen (secondary N) is 2. The van der Waals surface area contributed by atoms with Gasteiger partial charge in [-0.1, -0.05) is 24.3 Å². The molecule has 0 aliphatic carbocycles. The maximum atomic E-state index is 13.4. The second kappa shape index (κ2) is 8.57. The van der Waals surface area contributed by atoms with Crippen molar-refractivity contribution in [3.8, 4) is 6.07 Å². The Bertz CT molecular complexity index is 817. The molecule has 0 saturated heterocycles. The van der Waals surface area contributed by atoms with E-state index in [1.807, 2.05) is 6.07 Å². The van der Waals surface area contributed by atoms with Crippen LogP contribution in [-0.4, -0.2) is 30.4 Å². The van der Waals surface area contributed by atoms with Gasteiger partial charge in [-0.15, -0.1) is 0 Å². The van der Waals surface area contributed by atoms with Crippen LogP contribution in [0.4, 0.5) is 14.9 Å². The van der Waals surface area contributed by atoms with E-state index in [9.17, 15) is 14.0 Å². The van der Waals surface area contributed by atoms with Gasteiger partial charge >= 0.3 is 6.03 Å². The number of para-hydroxylation sites is 1. The van der Waals surface area contributed by atoms with Crippen LogP contribution in [-0.2, 0) is 11.3 Å². The molecule has 0 aliphatic heterocycles. The highest BCUT2D eigenvalue weighted by Gasteiger charge is 2.12. The largest absolute Gasteiger partial charge is 0.326 e. The monoisotopic (exact) mass is 340 g/mol. The third kappa shape index (κ3) is 5.71. The number of halogens is 1. The molecule has 0 spiro atoms. The van der Waals surface area contributed by atoms with Crippen molar-refractivity contribution in [2.24, 2.45) is 0 Å². The number of anilines is 1. The van der Waals surface area contributed by atoms with Crippen molar-refractivity contribution >= 4 is 17.6 Å². The maximum absolute atomic E-state index is 13.4. The average Bonchev–Trinajstić information content (AvgIpc) is 2.56. The van der Waals surface area contributed by atoms with Crippen LogP contribution in [0, 0.1) is 17.1 Å². The predicted molar refractivity (Wildman–Crippen MR) is 91.1 cm³/mol. The fraction of sp³-hybridized carbons (Fsp3) is 0.167. The smallest absolute Gasteiger partial charge is 0.305 e. The van der Waals surface area contributed by atoms with Crippen LogP contribution in [0.1, 0.15) is 11.1 Å². The number of hydrogen-bond donors (Lipinski definition) is 2. The Kier molecular flexibility index (Phi) is 6.20. The molecule has 0 aromatic heterocycles. The molecule has 0 heterocycles. The van der Waals surface area contributed by atoms with Crippen molar-refractivity contribution in [2.75, 3.05) is 18.9 Å². The fourth-order valence-corrected chi connectivity index (χ4v) is 2.23. The Labute approximate surface area is 144 Å². The lowest BCUT2D eigenvalue weighted by molar-refractivity contribution is -0.120. The number of benzene rings is 2. The van der Waals surface area contributed by atoms with Crippen LogP contribution in [0.15, 0.2) is 48.5 Å². The molecule has 3 amide bonds. The molecule has 6 nitrogen and oxygen atoms in total. The summed E-state index contributed by atoms with van der Waals surface area (Å²) < 4.78 is 13.4. The van der Waals surface area contributed by atoms with E-state index in [0.717, 1.165) is 5.56 Å². The van der Waals surface area contributed by atoms with Crippen molar-refractivity contribution in [3.63, 3.8) is 0 Å². The van der Waals surface area contributed by atoms with E-state index < -0.39 is 17.8 Å². The van der Waals surface area contributed by atoms with Gasteiger partial charge < -0.3 is 5.32 Å². The van der Waals surface area contributed by atoms with E-state index in [0.29, 0.717) is 12.1 Å². The molecular formula is C18H17FN4O2. The minimum absolute atomic E-state index is 0.00512. The fourth-order valence-electron chi connectivity index (χ4n) is 2.23. The van der Waals surface area contributed by atoms with Crippen molar-refractivity contribution in [1.82, 2.24) is 10.2 Å². The Morgan fingerprint density at radius 1 is 1.20 bits per heavy atom. The zero-order valence-electron chi connectivity index (χ0n) is 13.6. The van der Waals surface area contributed by atoms with Gasteiger partial charge in [0, 0.05) is 6.54 Å². The lowest BCUT2D eigenvalue weighted by Crippen LogP contribution is -2.40. The summed E-state index contributed by atoms with van der Waals surface area (Å²) in [6.45, 7) is 0.416. The summed E-state index contributed by atoms with van der Waals surface area (Å²) in [5.74, 6) is -1.10. The molecule has 2 rings (SSSR count). The number of rotatable bonds is 5. The van der Waals surface area contributed by atoms with Crippen LogP contribution in [0.2, 0.25) is 0 Å². The van der Waals surface area contributed by atoms with Crippen molar-refractivity contribution in [1.29, 1.82) is 5.26 Å². The van der Waals surface area contributed by atoms with Gasteiger partial charge in [-0.3, -0.25) is 15.0 Å². The molecule has 0 radical (unpaired) electrons. The summed E-state index contributed by atoms with van der Waals surface area (Å²) >= 11 is 0. The second-order valence-electron chi connectivity index (χ2n) is 5.47. The summed E-state index contributed by atoms with van der Waals surface area (Å²) in [5, 5.41) is 13.3. The van der Waals surface area contributed by atoms with Gasteiger partial charge in [-0.25, -0.2) is 9.18 Å². The first kappa shape index (κ1) is 18.1. The van der Waals surface area contributed by atoms with Crippen LogP contribution < -0.4 is 10.6 Å². The Balaban J connectivity index is 1.83. The number of imide groups is 1. The first-order valence-corrected chi connectivity index (χ1v) is 7.51. The van der Waals surface area contributed by atoms with Gasteiger partial charge in [0.05, 0.1) is 23.9 Å². The van der Waals surface area contributed by atoms with E-state index >= 15 is 0 Å². The lowest BCUT2D eigenvalue weighted by Gasteiger charge is -2.16. The number of carbonyl (C=O) groups is 2. The van der Waals surface area contributed by atoms with E-state index in [1.165, 1.54) is 18.2 Å². The number of nitrogens with zero attached hydrogens (tertiary/aromatic N) is 2. The molecule has 2 aromatic carbocycles. The molecular weight excluding hydrogens is 323 g/mol. The van der Waals surface area contributed by atoms with E-state index in [-0.39, 0.29) is 12.2 Å². The van der Waals surface area contributed by atoms with Crippen molar-refractivity contribution in [3.05, 3.63) is 65.5 Å². The lowest BCUT2D eigenvalue weighted by atomic mass is 10.1. The summed E-state index contributed by atoms with van der Waals surface area (Å²) in [6, 6.07) is 14.0. The van der Waals surface area contributed by atoms with Crippen molar-refractivity contribution in [2.45, 2.75) is 6.54 Å². The number of nitriles is 1. The highest BCUT2D eigenvalue weighted by molar-refractivity contribution is 6.01. The first-order valence-electron chi connectivity index (χ1n) is 7.51. The van der Waals surface area contributed by atoms with Gasteiger partial charge in [-0.2, -0.15) is 5.26 Å². The van der Waals surface area contributed by atoms with Crippen LogP contribution in [0.3, 0.4) is 0 Å². The molecule has 0 aliphatic rings. The van der Waals surface area contributed by atoms with E-state index in [4.69, 9.17) is 5.26 Å². The topological polar surface area (TPSA) is 85.2 Å². The molecule has 2 N–H and O–H groups in total. The molecule has 0 fully saturated rings. The van der Waals surface area contributed by atoms with Crippen LogP contribution in [0.5, 0.6) is 0 Å². The van der Waals surface area contributed by atoms with Crippen LogP contribution >= 0.6 is 0 Å². The first-order chi connectivity index (χ1) is 12.0. The minimum atomic E-state index is -0.796. The summed E-state index contributed by atoms with van der Waals surface area (Å²) in [5.41, 5.74) is 1.42. The molecule has 0 atom stereocenters. The second-order valence-corrected chi connectivity index (χ2v) is 5.47. The van der Waals surface area contributed by atoms with Gasteiger partial charge in [0.1, 0.15) is 5.82 Å². The summed E-state index contributed by atoms with van der Waals surface area (Å²) in [4.78, 5) is 25.3. The molecule has 7 heteroatoms. The highest BCUT2D eigenvalue weighted by atomic mass is 19.1. The third-order valence-electron chi connectivity index (χ3n) is 3.30. The van der Waals surface area contributed by atoms with Gasteiger partial charge in [-0.05, 0) is 36.9 Å². The maximum Gasteiger partial charge on any atom is 0.326 e. The highest BCUT2D eigenvalue weighted by Crippen LogP contribution is 2.11. The van der Waals surface area contributed by atoms with Crippen molar-refractivity contribution < 1.29 is 14.0 Å². The minimum Gasteiger partial charge on any atom is -0.305 e. The number of likely N-dealkylation sites (N-methyl/N-ethyl adjacent to an activating group) is 1. The van der Waals surface area contributed by atoms with Gasteiger partial charge in [0.2, 0.25) is 5.91 Å². The zero-order chi connectivity index (χ0) is 18.2. The zero-order valence-corrected chi connectivity index (χ0v) is 13.6. The average molecular weight is 340 g/mol. The predicted octanol–water partition coefficient (Wildman–Crippen LogP) is 2.48. The van der Waals surface area contributed by atoms with E-state index in [1.54, 1.807) is 36.2 Å². The quantitative estimate of drug-likeness (QED) is 0.876. The van der Waals surface area contributed by atoms with Gasteiger partial charge in [0.25, 0.3) is 0 Å². The molecule has 0 saturated carbocycles. The Morgan fingerprint density at radius 2 is 1.96 bits per heavy atom. The van der Waals surface area contributed by atoms with Gasteiger partial charge in [0.15, 0.2) is 0 Å². The molecule has 0 bridgehead atoms. The third-order valence-corrected chi connectivity index (χ3v) is 3.30. The molecule has 2 aromatic rings. The SMILES string of the molecule is CN(CC(=O)NC(=O)Nc1ccccc1F)Cc1cccc(C#N)c1.